The van der Waals surface area contributed by atoms with Gasteiger partial charge in [0.25, 0.3) is 0 Å². The summed E-state index contributed by atoms with van der Waals surface area (Å²) in [4.78, 5) is 1.38. The zero-order chi connectivity index (χ0) is 12.4. The largest absolute Gasteiger partial charge is 0.316 e. The van der Waals surface area contributed by atoms with Gasteiger partial charge in [0.15, 0.2) is 5.82 Å². The monoisotopic (exact) mass is 247 g/mol. The van der Waals surface area contributed by atoms with Crippen molar-refractivity contribution < 1.29 is 4.39 Å². The van der Waals surface area contributed by atoms with Gasteiger partial charge in [0.1, 0.15) is 5.82 Å². The van der Waals surface area contributed by atoms with Gasteiger partial charge in [-0.05, 0) is 36.7 Å². The molecule has 1 aliphatic heterocycles. The lowest BCUT2D eigenvalue weighted by atomic mass is 9.99. The fourth-order valence-corrected chi connectivity index (χ4v) is 2.17. The molecule has 1 N–H and O–H groups in total. The van der Waals surface area contributed by atoms with E-state index in [9.17, 15) is 4.39 Å². The van der Waals surface area contributed by atoms with Crippen LogP contribution < -0.4 is 5.32 Å². The zero-order valence-corrected chi connectivity index (χ0v) is 9.88. The number of hydrogen-bond acceptors (Lipinski definition) is 4. The number of rotatable bonds is 2. The average Bonchev–Trinajstić information content (AvgIpc) is 2.89. The van der Waals surface area contributed by atoms with Crippen LogP contribution in [0.4, 0.5) is 4.39 Å². The van der Waals surface area contributed by atoms with Crippen LogP contribution in [0.25, 0.3) is 5.69 Å². The van der Waals surface area contributed by atoms with Gasteiger partial charge in [-0.15, -0.1) is 15.0 Å². The number of piperidine rings is 1. The Balaban J connectivity index is 1.84. The van der Waals surface area contributed by atoms with E-state index in [1.54, 1.807) is 12.1 Å². The highest BCUT2D eigenvalue weighted by molar-refractivity contribution is 5.29. The van der Waals surface area contributed by atoms with Gasteiger partial charge < -0.3 is 5.32 Å². The van der Waals surface area contributed by atoms with Gasteiger partial charge in [0, 0.05) is 18.5 Å². The fraction of sp³-hybridized carbons (Fsp3) is 0.417. The highest BCUT2D eigenvalue weighted by Crippen LogP contribution is 2.19. The van der Waals surface area contributed by atoms with Crippen LogP contribution in [0.3, 0.4) is 0 Å². The van der Waals surface area contributed by atoms with Crippen LogP contribution in [0.1, 0.15) is 24.6 Å². The van der Waals surface area contributed by atoms with Crippen LogP contribution >= 0.6 is 0 Å². The molecule has 2 heterocycles. The van der Waals surface area contributed by atoms with Crippen LogP contribution in [-0.4, -0.2) is 33.3 Å². The lowest BCUT2D eigenvalue weighted by Crippen LogP contribution is -2.29. The Hall–Kier alpha value is -1.82. The Kier molecular flexibility index (Phi) is 3.02. The molecule has 0 amide bonds. The molecule has 1 aromatic heterocycles. The van der Waals surface area contributed by atoms with Crippen molar-refractivity contribution in [1.29, 1.82) is 0 Å². The lowest BCUT2D eigenvalue weighted by Gasteiger charge is -2.19. The molecule has 1 unspecified atom stereocenters. The van der Waals surface area contributed by atoms with Crippen molar-refractivity contribution in [2.24, 2.45) is 0 Å². The highest BCUT2D eigenvalue weighted by Gasteiger charge is 2.20. The minimum Gasteiger partial charge on any atom is -0.316 e. The first-order chi connectivity index (χ1) is 8.83. The maximum absolute atomic E-state index is 13.1. The molecule has 0 aliphatic carbocycles. The second kappa shape index (κ2) is 4.81. The second-order valence-corrected chi connectivity index (χ2v) is 4.46. The predicted octanol–water partition coefficient (Wildman–Crippen LogP) is 1.27. The third-order valence-electron chi connectivity index (χ3n) is 3.13. The SMILES string of the molecule is Fc1cccc(-n2nnc(C3CCCNC3)n2)c1. The minimum absolute atomic E-state index is 0.300. The molecule has 1 fully saturated rings. The van der Waals surface area contributed by atoms with Crippen LogP contribution in [0.2, 0.25) is 0 Å². The summed E-state index contributed by atoms with van der Waals surface area (Å²) in [5.74, 6) is 0.734. The van der Waals surface area contributed by atoms with E-state index in [-0.39, 0.29) is 5.82 Å². The molecule has 0 bridgehead atoms. The number of hydrogen-bond donors (Lipinski definition) is 1. The summed E-state index contributed by atoms with van der Waals surface area (Å²) in [7, 11) is 0. The van der Waals surface area contributed by atoms with E-state index in [0.717, 1.165) is 31.8 Å². The normalized spacial score (nSPS) is 19.9. The number of aromatic nitrogens is 4. The topological polar surface area (TPSA) is 55.6 Å². The summed E-state index contributed by atoms with van der Waals surface area (Å²) in [5.41, 5.74) is 0.595. The van der Waals surface area contributed by atoms with Gasteiger partial charge in [-0.1, -0.05) is 6.07 Å². The Morgan fingerprint density at radius 3 is 3.11 bits per heavy atom. The third kappa shape index (κ3) is 2.24. The molecule has 94 valence electrons. The van der Waals surface area contributed by atoms with Crippen molar-refractivity contribution in [2.75, 3.05) is 13.1 Å². The van der Waals surface area contributed by atoms with Gasteiger partial charge in [0.2, 0.25) is 0 Å². The van der Waals surface area contributed by atoms with Crippen LogP contribution in [-0.2, 0) is 0 Å². The molecular weight excluding hydrogens is 233 g/mol. The lowest BCUT2D eigenvalue weighted by molar-refractivity contribution is 0.446. The van der Waals surface area contributed by atoms with Gasteiger partial charge >= 0.3 is 0 Å². The molecule has 5 nitrogen and oxygen atoms in total. The van der Waals surface area contributed by atoms with Crippen molar-refractivity contribution in [1.82, 2.24) is 25.5 Å². The summed E-state index contributed by atoms with van der Waals surface area (Å²) in [6.45, 7) is 1.93. The Labute approximate surface area is 104 Å². The maximum atomic E-state index is 13.1. The third-order valence-corrected chi connectivity index (χ3v) is 3.13. The quantitative estimate of drug-likeness (QED) is 0.868. The molecule has 2 aromatic rings. The summed E-state index contributed by atoms with van der Waals surface area (Å²) in [5, 5.41) is 15.7. The van der Waals surface area contributed by atoms with E-state index in [4.69, 9.17) is 0 Å². The molecule has 3 rings (SSSR count). The highest BCUT2D eigenvalue weighted by atomic mass is 19.1. The maximum Gasteiger partial charge on any atom is 0.179 e. The van der Waals surface area contributed by atoms with E-state index < -0.39 is 0 Å². The van der Waals surface area contributed by atoms with Crippen molar-refractivity contribution >= 4 is 0 Å². The van der Waals surface area contributed by atoms with Crippen molar-refractivity contribution in [2.45, 2.75) is 18.8 Å². The molecule has 0 spiro atoms. The summed E-state index contributed by atoms with van der Waals surface area (Å²) >= 11 is 0. The van der Waals surface area contributed by atoms with Crippen molar-refractivity contribution in [3.05, 3.63) is 35.9 Å². The first-order valence-corrected chi connectivity index (χ1v) is 6.09. The van der Waals surface area contributed by atoms with Gasteiger partial charge in [-0.25, -0.2) is 4.39 Å². The summed E-state index contributed by atoms with van der Waals surface area (Å²) < 4.78 is 13.1. The first-order valence-electron chi connectivity index (χ1n) is 6.09. The molecule has 1 aliphatic rings. The summed E-state index contributed by atoms with van der Waals surface area (Å²) in [6.07, 6.45) is 2.20. The van der Waals surface area contributed by atoms with E-state index in [2.05, 4.69) is 20.7 Å². The molecule has 1 aromatic carbocycles. The predicted molar refractivity (Wildman–Crippen MR) is 64.0 cm³/mol. The van der Waals surface area contributed by atoms with E-state index in [1.807, 2.05) is 0 Å². The Morgan fingerprint density at radius 1 is 1.39 bits per heavy atom. The molecule has 18 heavy (non-hydrogen) atoms. The van der Waals surface area contributed by atoms with Gasteiger partial charge in [0.05, 0.1) is 5.69 Å². The van der Waals surface area contributed by atoms with Gasteiger partial charge in [-0.3, -0.25) is 0 Å². The number of halogens is 1. The van der Waals surface area contributed by atoms with Crippen molar-refractivity contribution in [3.8, 4) is 5.69 Å². The number of nitrogens with one attached hydrogen (secondary N) is 1. The van der Waals surface area contributed by atoms with E-state index in [1.165, 1.54) is 16.9 Å². The Bertz CT molecular complexity index is 533. The van der Waals surface area contributed by atoms with Crippen LogP contribution in [0, 0.1) is 5.82 Å². The van der Waals surface area contributed by atoms with E-state index in [0.29, 0.717) is 11.6 Å². The smallest absolute Gasteiger partial charge is 0.179 e. The standard InChI is InChI=1S/C12H14FN5/c13-10-4-1-5-11(7-10)18-16-12(15-17-18)9-3-2-6-14-8-9/h1,4-5,7,9,14H,2-3,6,8H2. The fourth-order valence-electron chi connectivity index (χ4n) is 2.17. The number of nitrogens with zero attached hydrogens (tertiary/aromatic N) is 4. The minimum atomic E-state index is -0.300. The number of benzene rings is 1. The zero-order valence-electron chi connectivity index (χ0n) is 9.88. The molecule has 1 saturated heterocycles. The second-order valence-electron chi connectivity index (χ2n) is 4.46. The number of tetrazole rings is 1. The van der Waals surface area contributed by atoms with Crippen molar-refractivity contribution in [3.63, 3.8) is 0 Å². The molecule has 0 saturated carbocycles. The molecule has 0 radical (unpaired) electrons. The molecule has 6 heteroatoms. The molecule has 1 atom stereocenters. The first kappa shape index (κ1) is 11.3. The Morgan fingerprint density at radius 2 is 2.33 bits per heavy atom. The van der Waals surface area contributed by atoms with Crippen LogP contribution in [0.5, 0.6) is 0 Å². The van der Waals surface area contributed by atoms with Gasteiger partial charge in [-0.2, -0.15) is 0 Å². The summed E-state index contributed by atoms with van der Waals surface area (Å²) in [6, 6.07) is 6.18. The average molecular weight is 247 g/mol. The molecular formula is C12H14FN5. The van der Waals surface area contributed by atoms with E-state index >= 15 is 0 Å². The van der Waals surface area contributed by atoms with Crippen LogP contribution in [0.15, 0.2) is 24.3 Å².